The van der Waals surface area contributed by atoms with Gasteiger partial charge in [0.1, 0.15) is 0 Å². The zero-order valence-corrected chi connectivity index (χ0v) is 21.2. The predicted octanol–water partition coefficient (Wildman–Crippen LogP) is 3.05. The lowest BCUT2D eigenvalue weighted by Gasteiger charge is -2.26. The van der Waals surface area contributed by atoms with Crippen molar-refractivity contribution < 1.29 is 17.9 Å². The number of amides is 1. The van der Waals surface area contributed by atoms with Crippen molar-refractivity contribution in [3.05, 3.63) is 71.4 Å². The molecule has 9 heteroatoms. The first-order valence-corrected chi connectivity index (χ1v) is 13.2. The standard InChI is InChI=1S/C26H32N4O4S/c1-26(2)22-6-4-5-7-23(22)29(3)24(26)14-15-27-28-25(31)13-10-20-8-11-21(12-9-20)35(32,33)30-16-18-34-19-17-30/h4-9,11-12,14-15H,10,13,16-19H2,1-3H3,(H,28,31). The van der Waals surface area contributed by atoms with Crippen molar-refractivity contribution in [1.29, 1.82) is 0 Å². The third kappa shape index (κ3) is 5.32. The van der Waals surface area contributed by atoms with Gasteiger partial charge in [0, 0.05) is 49.6 Å². The number of hydrogen-bond acceptors (Lipinski definition) is 6. The molecule has 1 N–H and O–H groups in total. The summed E-state index contributed by atoms with van der Waals surface area (Å²) in [5.41, 5.74) is 6.84. The summed E-state index contributed by atoms with van der Waals surface area (Å²) in [6, 6.07) is 15.0. The third-order valence-corrected chi connectivity index (χ3v) is 8.52. The lowest BCUT2D eigenvalue weighted by molar-refractivity contribution is -0.121. The van der Waals surface area contributed by atoms with E-state index < -0.39 is 10.0 Å². The Bertz CT molecular complexity index is 1230. The highest BCUT2D eigenvalue weighted by atomic mass is 32.2. The van der Waals surface area contributed by atoms with Crippen molar-refractivity contribution >= 4 is 27.8 Å². The van der Waals surface area contributed by atoms with Gasteiger partial charge in [0.15, 0.2) is 0 Å². The molecule has 1 saturated heterocycles. The summed E-state index contributed by atoms with van der Waals surface area (Å²) in [5.74, 6) is -0.202. The molecule has 2 aliphatic heterocycles. The first kappa shape index (κ1) is 25.1. The van der Waals surface area contributed by atoms with E-state index in [2.05, 4.69) is 41.4 Å². The maximum Gasteiger partial charge on any atom is 0.243 e. The van der Waals surface area contributed by atoms with E-state index in [0.717, 1.165) is 11.3 Å². The van der Waals surface area contributed by atoms with Crippen molar-refractivity contribution in [2.75, 3.05) is 38.3 Å². The van der Waals surface area contributed by atoms with Crippen LogP contribution in [0.4, 0.5) is 5.69 Å². The highest BCUT2D eigenvalue weighted by molar-refractivity contribution is 7.89. The highest BCUT2D eigenvalue weighted by Gasteiger charge is 2.37. The van der Waals surface area contributed by atoms with Crippen LogP contribution in [0.5, 0.6) is 0 Å². The molecule has 2 aliphatic rings. The van der Waals surface area contributed by atoms with Gasteiger partial charge in [0.05, 0.1) is 18.1 Å². The number of carbonyl (C=O) groups excluding carboxylic acids is 1. The van der Waals surface area contributed by atoms with Crippen LogP contribution in [0.1, 0.15) is 31.4 Å². The molecule has 0 bridgehead atoms. The zero-order valence-electron chi connectivity index (χ0n) is 20.4. The predicted molar refractivity (Wildman–Crippen MR) is 137 cm³/mol. The summed E-state index contributed by atoms with van der Waals surface area (Å²) in [6.07, 6.45) is 4.28. The smallest absolute Gasteiger partial charge is 0.243 e. The second-order valence-electron chi connectivity index (χ2n) is 9.23. The van der Waals surface area contributed by atoms with Crippen LogP contribution in [0.15, 0.2) is 70.3 Å². The van der Waals surface area contributed by atoms with E-state index in [1.165, 1.54) is 15.6 Å². The Labute approximate surface area is 207 Å². The monoisotopic (exact) mass is 496 g/mol. The minimum Gasteiger partial charge on any atom is -0.379 e. The van der Waals surface area contributed by atoms with E-state index in [-0.39, 0.29) is 22.6 Å². The Hall–Kier alpha value is -3.01. The second kappa shape index (κ2) is 10.3. The topological polar surface area (TPSA) is 91.3 Å². The zero-order chi connectivity index (χ0) is 25.1. The van der Waals surface area contributed by atoms with Crippen LogP contribution in [-0.4, -0.2) is 58.2 Å². The number of morpholine rings is 1. The highest BCUT2D eigenvalue weighted by Crippen LogP contribution is 2.46. The molecule has 186 valence electrons. The SMILES string of the molecule is CN1C(=CC=NNC(=O)CCc2ccc(S(=O)(=O)N3CCOCC3)cc2)C(C)(C)c2ccccc21. The van der Waals surface area contributed by atoms with E-state index in [9.17, 15) is 13.2 Å². The van der Waals surface area contributed by atoms with Crippen molar-refractivity contribution in [3.8, 4) is 0 Å². The summed E-state index contributed by atoms with van der Waals surface area (Å²) in [7, 11) is -1.48. The average molecular weight is 497 g/mol. The molecule has 35 heavy (non-hydrogen) atoms. The van der Waals surface area contributed by atoms with Crippen LogP contribution in [-0.2, 0) is 31.4 Å². The molecule has 4 rings (SSSR count). The number of anilines is 1. The molecule has 1 fully saturated rings. The Morgan fingerprint density at radius 1 is 1.11 bits per heavy atom. The molecule has 2 heterocycles. The molecule has 2 aromatic carbocycles. The number of hydrogen-bond donors (Lipinski definition) is 1. The van der Waals surface area contributed by atoms with Gasteiger partial charge in [0.2, 0.25) is 15.9 Å². The van der Waals surface area contributed by atoms with E-state index in [1.54, 1.807) is 30.5 Å². The second-order valence-corrected chi connectivity index (χ2v) is 11.2. The number of fused-ring (bicyclic) bond motifs is 1. The van der Waals surface area contributed by atoms with Crippen LogP contribution < -0.4 is 10.3 Å². The lowest BCUT2D eigenvalue weighted by Crippen LogP contribution is -2.40. The van der Waals surface area contributed by atoms with Crippen LogP contribution in [0.2, 0.25) is 0 Å². The number of aryl methyl sites for hydroxylation is 1. The maximum atomic E-state index is 12.7. The quantitative estimate of drug-likeness (QED) is 0.470. The third-order valence-electron chi connectivity index (χ3n) is 6.61. The summed E-state index contributed by atoms with van der Waals surface area (Å²) >= 11 is 0. The number of para-hydroxylation sites is 1. The fourth-order valence-corrected chi connectivity index (χ4v) is 6.00. The lowest BCUT2D eigenvalue weighted by atomic mass is 9.84. The van der Waals surface area contributed by atoms with Crippen LogP contribution in [0, 0.1) is 0 Å². The largest absolute Gasteiger partial charge is 0.379 e. The summed E-state index contributed by atoms with van der Waals surface area (Å²) < 4.78 is 32.1. The minimum absolute atomic E-state index is 0.150. The van der Waals surface area contributed by atoms with Crippen molar-refractivity contribution in [2.45, 2.75) is 37.0 Å². The summed E-state index contributed by atoms with van der Waals surface area (Å²) in [4.78, 5) is 14.6. The first-order chi connectivity index (χ1) is 16.7. The fraction of sp³-hybridized carbons (Fsp3) is 0.385. The number of likely N-dealkylation sites (N-methyl/N-ethyl adjacent to an activating group) is 1. The molecule has 8 nitrogen and oxygen atoms in total. The van der Waals surface area contributed by atoms with Gasteiger partial charge in [-0.1, -0.05) is 44.2 Å². The van der Waals surface area contributed by atoms with E-state index >= 15 is 0 Å². The number of nitrogens with one attached hydrogen (secondary N) is 1. The Morgan fingerprint density at radius 2 is 1.80 bits per heavy atom. The van der Waals surface area contributed by atoms with E-state index in [0.29, 0.717) is 32.7 Å². The van der Waals surface area contributed by atoms with Gasteiger partial charge >= 0.3 is 0 Å². The van der Waals surface area contributed by atoms with Crippen LogP contribution in [0.3, 0.4) is 0 Å². The number of ether oxygens (including phenoxy) is 1. The van der Waals surface area contributed by atoms with Crippen LogP contribution in [0.25, 0.3) is 0 Å². The first-order valence-electron chi connectivity index (χ1n) is 11.7. The molecule has 2 aromatic rings. The number of carbonyl (C=O) groups is 1. The minimum atomic E-state index is -3.52. The van der Waals surface area contributed by atoms with Gasteiger partial charge in [0.25, 0.3) is 0 Å². The number of rotatable bonds is 7. The van der Waals surface area contributed by atoms with Gasteiger partial charge in [-0.05, 0) is 41.8 Å². The number of benzene rings is 2. The Kier molecular flexibility index (Phi) is 7.39. The Morgan fingerprint density at radius 3 is 2.49 bits per heavy atom. The van der Waals surface area contributed by atoms with Crippen LogP contribution >= 0.6 is 0 Å². The number of hydrazone groups is 1. The summed E-state index contributed by atoms with van der Waals surface area (Å²) in [5, 5.41) is 4.09. The number of nitrogens with zero attached hydrogens (tertiary/aromatic N) is 3. The van der Waals surface area contributed by atoms with E-state index in [1.807, 2.05) is 25.3 Å². The fourth-order valence-electron chi connectivity index (χ4n) is 4.60. The maximum absolute atomic E-state index is 12.7. The normalized spacial score (nSPS) is 19.3. The molecule has 0 spiro atoms. The van der Waals surface area contributed by atoms with Crippen molar-refractivity contribution in [3.63, 3.8) is 0 Å². The van der Waals surface area contributed by atoms with Gasteiger partial charge < -0.3 is 9.64 Å². The van der Waals surface area contributed by atoms with E-state index in [4.69, 9.17) is 4.74 Å². The Balaban J connectivity index is 1.29. The molecule has 0 saturated carbocycles. The molecular formula is C26H32N4O4S. The molecule has 0 aliphatic carbocycles. The molecular weight excluding hydrogens is 464 g/mol. The number of allylic oxidation sites excluding steroid dienone is 2. The molecule has 0 unspecified atom stereocenters. The molecule has 0 atom stereocenters. The average Bonchev–Trinajstić information content (AvgIpc) is 3.06. The van der Waals surface area contributed by atoms with Gasteiger partial charge in [-0.25, -0.2) is 13.8 Å². The van der Waals surface area contributed by atoms with Gasteiger partial charge in [-0.15, -0.1) is 0 Å². The van der Waals surface area contributed by atoms with Crippen molar-refractivity contribution in [1.82, 2.24) is 9.73 Å². The van der Waals surface area contributed by atoms with Crippen molar-refractivity contribution in [2.24, 2.45) is 5.10 Å². The van der Waals surface area contributed by atoms with Gasteiger partial charge in [-0.3, -0.25) is 4.79 Å². The number of sulfonamides is 1. The molecule has 0 radical (unpaired) electrons. The molecule has 1 amide bonds. The molecule has 0 aromatic heterocycles. The van der Waals surface area contributed by atoms with Gasteiger partial charge in [-0.2, -0.15) is 9.41 Å². The summed E-state index contributed by atoms with van der Waals surface area (Å²) in [6.45, 7) is 5.89.